The topological polar surface area (TPSA) is 119 Å². The molecule has 12 nitrogen and oxygen atoms in total. The van der Waals surface area contributed by atoms with Crippen LogP contribution < -0.4 is 0 Å². The van der Waals surface area contributed by atoms with Gasteiger partial charge in [0.15, 0.2) is 21.3 Å². The van der Waals surface area contributed by atoms with Crippen LogP contribution in [-0.2, 0) is 9.59 Å². The van der Waals surface area contributed by atoms with Crippen molar-refractivity contribution in [3.05, 3.63) is 0 Å². The van der Waals surface area contributed by atoms with Gasteiger partial charge in [-0.2, -0.15) is 0 Å². The fourth-order valence-electron chi connectivity index (χ4n) is 3.63. The molecule has 2 unspecified atom stereocenters. The Hall–Kier alpha value is -0.880. The zero-order valence-electron chi connectivity index (χ0n) is 23.1. The Bertz CT molecular complexity index is 753. The lowest BCUT2D eigenvalue weighted by Crippen LogP contribution is -2.47. The summed E-state index contributed by atoms with van der Waals surface area (Å²) in [5.41, 5.74) is 0.591. The van der Waals surface area contributed by atoms with E-state index in [2.05, 4.69) is 71.4 Å². The molecule has 16 heteroatoms. The zero-order valence-corrected chi connectivity index (χ0v) is 26.4. The van der Waals surface area contributed by atoms with Gasteiger partial charge in [0.1, 0.15) is 0 Å². The van der Waals surface area contributed by atoms with Gasteiger partial charge in [0.25, 0.3) is 0 Å². The van der Waals surface area contributed by atoms with Crippen molar-refractivity contribution in [1.29, 1.82) is 0 Å². The van der Waals surface area contributed by atoms with Gasteiger partial charge in [-0.15, -0.1) is 0 Å². The molecule has 4 aliphatic rings. The molecule has 0 aromatic rings. The van der Waals surface area contributed by atoms with Gasteiger partial charge in [-0.05, 0) is 84.5 Å². The van der Waals surface area contributed by atoms with Crippen molar-refractivity contribution < 1.29 is 19.8 Å². The quantitative estimate of drug-likeness (QED) is 0.354. The second-order valence-electron chi connectivity index (χ2n) is 9.22. The molecular weight excluding hydrogens is 569 g/mol. The molecular formula is C22H42N8O4S4. The third kappa shape index (κ3) is 10.9. The number of aliphatic carboxylic acids is 2. The molecule has 0 aromatic heterocycles. The number of amidine groups is 2. The summed E-state index contributed by atoms with van der Waals surface area (Å²) >= 11 is 0. The minimum atomic E-state index is -1.82. The fraction of sp³-hybridized carbons (Fsp3) is 0.818. The molecule has 4 rings (SSSR count). The first-order chi connectivity index (χ1) is 18.0. The summed E-state index contributed by atoms with van der Waals surface area (Å²) in [6.45, 7) is 16.0. The number of piperazine rings is 2. The van der Waals surface area contributed by atoms with E-state index < -0.39 is 11.9 Å². The van der Waals surface area contributed by atoms with Gasteiger partial charge in [-0.1, -0.05) is 13.8 Å². The maximum Gasteiger partial charge on any atom is 0.414 e. The van der Waals surface area contributed by atoms with E-state index in [1.807, 2.05) is 43.2 Å². The Morgan fingerprint density at radius 3 is 1.24 bits per heavy atom. The number of carboxylic acid groups (broad SMARTS) is 2. The van der Waals surface area contributed by atoms with Gasteiger partial charge in [-0.3, -0.25) is 9.80 Å². The first-order valence-corrected chi connectivity index (χ1v) is 17.0. The summed E-state index contributed by atoms with van der Waals surface area (Å²) in [4.78, 5) is 41.8. The Morgan fingerprint density at radius 2 is 1.03 bits per heavy atom. The first-order valence-electron chi connectivity index (χ1n) is 12.6. The molecule has 2 fully saturated rings. The SMILES string of the molecule is CCN1CCN(C2=NC(N(C)C)SS2)CC1.CCN1CCN(C2=NC(N(C)C)SS2)CC1.O=C(O)C(=O)O. The van der Waals surface area contributed by atoms with Crippen LogP contribution in [0.2, 0.25) is 0 Å². The van der Waals surface area contributed by atoms with Crippen LogP contribution in [0.4, 0.5) is 0 Å². The largest absolute Gasteiger partial charge is 0.473 e. The molecule has 0 aromatic carbocycles. The fourth-order valence-corrected chi connectivity index (χ4v) is 8.81. The standard InChI is InChI=1S/2C10H20N4S2.C2H2O4/c2*1-4-13-5-7-14(8-6-13)10-11-9(12(2)3)15-16-10;3-1(4)2(5)6/h2*9H,4-8H2,1-3H3;(H,3,4)(H,5,6). The number of carboxylic acids is 2. The molecule has 2 atom stereocenters. The van der Waals surface area contributed by atoms with Crippen LogP contribution in [0, 0.1) is 0 Å². The van der Waals surface area contributed by atoms with Gasteiger partial charge >= 0.3 is 11.9 Å². The Kier molecular flexibility index (Phi) is 15.0. The lowest BCUT2D eigenvalue weighted by Gasteiger charge is -2.34. The summed E-state index contributed by atoms with van der Waals surface area (Å²) in [5, 5.41) is 17.2. The van der Waals surface area contributed by atoms with Gasteiger partial charge in [0.05, 0.1) is 0 Å². The van der Waals surface area contributed by atoms with E-state index in [1.165, 1.54) is 49.6 Å². The highest BCUT2D eigenvalue weighted by Gasteiger charge is 2.28. The summed E-state index contributed by atoms with van der Waals surface area (Å²) in [5.74, 6) is -3.65. The van der Waals surface area contributed by atoms with Crippen LogP contribution in [0.5, 0.6) is 0 Å². The summed E-state index contributed by atoms with van der Waals surface area (Å²) < 4.78 is 0. The van der Waals surface area contributed by atoms with Crippen molar-refractivity contribution in [1.82, 2.24) is 29.4 Å². The zero-order chi connectivity index (χ0) is 28.2. The van der Waals surface area contributed by atoms with Crippen LogP contribution >= 0.6 is 43.2 Å². The van der Waals surface area contributed by atoms with Crippen LogP contribution in [0.15, 0.2) is 9.98 Å². The molecule has 0 saturated carbocycles. The Labute approximate surface area is 242 Å². The second kappa shape index (κ2) is 17.0. The molecule has 2 saturated heterocycles. The highest BCUT2D eigenvalue weighted by molar-refractivity contribution is 8.83. The number of likely N-dealkylation sites (N-methyl/N-ethyl adjacent to an activating group) is 2. The van der Waals surface area contributed by atoms with Crippen molar-refractivity contribution in [2.75, 3.05) is 93.6 Å². The van der Waals surface area contributed by atoms with Crippen LogP contribution in [0.1, 0.15) is 13.8 Å². The van der Waals surface area contributed by atoms with E-state index in [-0.39, 0.29) is 0 Å². The molecule has 0 spiro atoms. The lowest BCUT2D eigenvalue weighted by atomic mass is 10.3. The molecule has 4 aliphatic heterocycles. The highest BCUT2D eigenvalue weighted by atomic mass is 33.1. The number of hydrogen-bond acceptors (Lipinski definition) is 14. The average Bonchev–Trinajstić information content (AvgIpc) is 3.60. The molecule has 0 amide bonds. The second-order valence-corrected chi connectivity index (χ2v) is 13.7. The number of nitrogens with zero attached hydrogens (tertiary/aromatic N) is 8. The van der Waals surface area contributed by atoms with E-state index in [9.17, 15) is 0 Å². The lowest BCUT2D eigenvalue weighted by molar-refractivity contribution is -0.159. The normalized spacial score (nSPS) is 24.4. The van der Waals surface area contributed by atoms with E-state index in [4.69, 9.17) is 29.8 Å². The molecule has 4 heterocycles. The van der Waals surface area contributed by atoms with Crippen LogP contribution in [0.25, 0.3) is 0 Å². The molecule has 2 N–H and O–H groups in total. The minimum absolute atomic E-state index is 0.296. The van der Waals surface area contributed by atoms with Crippen LogP contribution in [-0.4, -0.2) is 167 Å². The molecule has 218 valence electrons. The van der Waals surface area contributed by atoms with Gasteiger partial charge in [-0.25, -0.2) is 19.6 Å². The molecule has 0 radical (unpaired) electrons. The smallest absolute Gasteiger partial charge is 0.414 e. The van der Waals surface area contributed by atoms with Crippen molar-refractivity contribution in [3.63, 3.8) is 0 Å². The third-order valence-electron chi connectivity index (χ3n) is 6.11. The highest BCUT2D eigenvalue weighted by Crippen LogP contribution is 2.39. The van der Waals surface area contributed by atoms with Gasteiger partial charge < -0.3 is 29.8 Å². The van der Waals surface area contributed by atoms with E-state index in [1.54, 1.807) is 0 Å². The van der Waals surface area contributed by atoms with Crippen molar-refractivity contribution in [2.45, 2.75) is 24.8 Å². The third-order valence-corrected chi connectivity index (χ3v) is 11.2. The minimum Gasteiger partial charge on any atom is -0.473 e. The van der Waals surface area contributed by atoms with Crippen molar-refractivity contribution >= 4 is 65.4 Å². The van der Waals surface area contributed by atoms with Gasteiger partial charge in [0.2, 0.25) is 0 Å². The summed E-state index contributed by atoms with van der Waals surface area (Å²) in [6.07, 6.45) is 0. The number of carbonyl (C=O) groups is 2. The number of hydrogen-bond donors (Lipinski definition) is 2. The first kappa shape index (κ1) is 33.3. The van der Waals surface area contributed by atoms with Crippen molar-refractivity contribution in [3.8, 4) is 0 Å². The van der Waals surface area contributed by atoms with Gasteiger partial charge in [0, 0.05) is 52.4 Å². The Morgan fingerprint density at radius 1 is 0.711 bits per heavy atom. The molecule has 0 bridgehead atoms. The summed E-state index contributed by atoms with van der Waals surface area (Å²) in [7, 11) is 15.7. The Balaban J connectivity index is 0.000000221. The average molecular weight is 611 g/mol. The maximum absolute atomic E-state index is 9.10. The predicted octanol–water partition coefficient (Wildman–Crippen LogP) is 1.60. The van der Waals surface area contributed by atoms with Crippen LogP contribution in [0.3, 0.4) is 0 Å². The molecule has 0 aliphatic carbocycles. The predicted molar refractivity (Wildman–Crippen MR) is 163 cm³/mol. The van der Waals surface area contributed by atoms with Crippen molar-refractivity contribution in [2.24, 2.45) is 9.98 Å². The summed E-state index contributed by atoms with van der Waals surface area (Å²) in [6, 6.07) is 0. The number of aliphatic imine (C=N–C) groups is 2. The number of rotatable bonds is 4. The van der Waals surface area contributed by atoms with E-state index in [0.717, 1.165) is 26.2 Å². The van der Waals surface area contributed by atoms with E-state index in [0.29, 0.717) is 11.0 Å². The monoisotopic (exact) mass is 610 g/mol. The van der Waals surface area contributed by atoms with E-state index >= 15 is 0 Å². The maximum atomic E-state index is 9.10. The molecule has 38 heavy (non-hydrogen) atoms.